The van der Waals surface area contributed by atoms with Gasteiger partial charge in [-0.05, 0) is 12.8 Å². The van der Waals surface area contributed by atoms with Crippen LogP contribution in [0.4, 0.5) is 0 Å². The maximum atomic E-state index is 12.4. The quantitative estimate of drug-likeness (QED) is 0.855. The van der Waals surface area contributed by atoms with Gasteiger partial charge in [-0.1, -0.05) is 6.92 Å². The summed E-state index contributed by atoms with van der Waals surface area (Å²) < 4.78 is 0. The lowest BCUT2D eigenvalue weighted by atomic mass is 9.76. The number of amides is 2. The van der Waals surface area contributed by atoms with E-state index >= 15 is 0 Å². The van der Waals surface area contributed by atoms with E-state index in [1.54, 1.807) is 4.90 Å². The number of nitrogens with zero attached hydrogens (tertiary/aromatic N) is 4. The average molecular weight is 314 g/mol. The van der Waals surface area contributed by atoms with Gasteiger partial charge in [-0.2, -0.15) is 5.10 Å². The lowest BCUT2D eigenvalue weighted by Crippen LogP contribution is -2.44. The number of piperidine rings is 1. The first kappa shape index (κ1) is 15.1. The van der Waals surface area contributed by atoms with Gasteiger partial charge in [0.05, 0.1) is 23.7 Å². The third-order valence-corrected chi connectivity index (χ3v) is 4.44. The van der Waals surface area contributed by atoms with Crippen molar-refractivity contribution in [3.63, 3.8) is 0 Å². The van der Waals surface area contributed by atoms with Crippen LogP contribution in [0.1, 0.15) is 46.3 Å². The van der Waals surface area contributed by atoms with Gasteiger partial charge in [0.25, 0.3) is 11.8 Å². The summed E-state index contributed by atoms with van der Waals surface area (Å²) in [6.45, 7) is 3.20. The summed E-state index contributed by atoms with van der Waals surface area (Å²) in [5.41, 5.74) is 6.64. The number of carbonyl (C=O) groups is 2. The van der Waals surface area contributed by atoms with E-state index in [9.17, 15) is 9.59 Å². The highest BCUT2D eigenvalue weighted by molar-refractivity contribution is 5.94. The van der Waals surface area contributed by atoms with Crippen LogP contribution in [0.15, 0.2) is 24.8 Å². The van der Waals surface area contributed by atoms with Crippen LogP contribution in [0.3, 0.4) is 0 Å². The summed E-state index contributed by atoms with van der Waals surface area (Å²) >= 11 is 0. The number of hydrogen-bond acceptors (Lipinski definition) is 5. The number of aromatic nitrogens is 4. The maximum Gasteiger partial charge on any atom is 0.274 e. The molecule has 1 saturated heterocycles. The monoisotopic (exact) mass is 314 g/mol. The molecular weight excluding hydrogens is 296 g/mol. The van der Waals surface area contributed by atoms with Crippen LogP contribution < -0.4 is 5.73 Å². The molecule has 0 atom stereocenters. The van der Waals surface area contributed by atoms with E-state index in [2.05, 4.69) is 27.1 Å². The van der Waals surface area contributed by atoms with E-state index in [-0.39, 0.29) is 11.3 Å². The van der Waals surface area contributed by atoms with Crippen LogP contribution in [-0.4, -0.2) is 50.0 Å². The highest BCUT2D eigenvalue weighted by Crippen LogP contribution is 2.35. The van der Waals surface area contributed by atoms with Crippen molar-refractivity contribution in [2.75, 3.05) is 13.1 Å². The van der Waals surface area contributed by atoms with E-state index in [4.69, 9.17) is 5.73 Å². The van der Waals surface area contributed by atoms with E-state index in [1.807, 2.05) is 0 Å². The molecule has 3 rings (SSSR count). The van der Waals surface area contributed by atoms with Crippen LogP contribution in [0.5, 0.6) is 0 Å². The van der Waals surface area contributed by atoms with Crippen molar-refractivity contribution >= 4 is 11.8 Å². The molecule has 8 nitrogen and oxygen atoms in total. The normalized spacial score (nSPS) is 17.0. The van der Waals surface area contributed by atoms with Gasteiger partial charge in [0, 0.05) is 30.9 Å². The van der Waals surface area contributed by atoms with Gasteiger partial charge >= 0.3 is 0 Å². The van der Waals surface area contributed by atoms with Crippen molar-refractivity contribution in [2.45, 2.75) is 25.2 Å². The standard InChI is InChI=1S/C15H18N6O2/c1-15(12-10(13(16)22)8-19-20-12)2-6-21(7-3-15)14(23)11-9-17-4-5-18-11/h4-5,8-9H,2-3,6-7H2,1H3,(H2,16,22)(H,19,20). The zero-order chi connectivity index (χ0) is 16.4. The minimum atomic E-state index is -0.493. The maximum absolute atomic E-state index is 12.4. The molecule has 0 aromatic carbocycles. The molecule has 2 aromatic rings. The molecule has 2 aromatic heterocycles. The van der Waals surface area contributed by atoms with Gasteiger partial charge in [-0.15, -0.1) is 0 Å². The van der Waals surface area contributed by atoms with E-state index in [0.717, 1.165) is 5.69 Å². The predicted molar refractivity (Wildman–Crippen MR) is 81.6 cm³/mol. The fraction of sp³-hybridized carbons (Fsp3) is 0.400. The Morgan fingerprint density at radius 1 is 1.26 bits per heavy atom. The van der Waals surface area contributed by atoms with E-state index < -0.39 is 5.91 Å². The summed E-state index contributed by atoms with van der Waals surface area (Å²) in [5.74, 6) is -0.618. The minimum absolute atomic E-state index is 0.125. The molecule has 0 bridgehead atoms. The Labute approximate surface area is 133 Å². The van der Waals surface area contributed by atoms with Crippen molar-refractivity contribution in [3.8, 4) is 0 Å². The second-order valence-electron chi connectivity index (χ2n) is 5.97. The van der Waals surface area contributed by atoms with Crippen molar-refractivity contribution in [1.82, 2.24) is 25.1 Å². The smallest absolute Gasteiger partial charge is 0.274 e. The van der Waals surface area contributed by atoms with Crippen LogP contribution in [0, 0.1) is 0 Å². The molecule has 23 heavy (non-hydrogen) atoms. The zero-order valence-corrected chi connectivity index (χ0v) is 12.8. The number of rotatable bonds is 3. The molecule has 3 N–H and O–H groups in total. The van der Waals surface area contributed by atoms with Crippen molar-refractivity contribution in [2.24, 2.45) is 5.73 Å². The van der Waals surface area contributed by atoms with Crippen molar-refractivity contribution in [1.29, 1.82) is 0 Å². The van der Waals surface area contributed by atoms with Crippen molar-refractivity contribution in [3.05, 3.63) is 41.7 Å². The predicted octanol–water partition coefficient (Wildman–Crippen LogP) is 0.492. The first-order valence-corrected chi connectivity index (χ1v) is 7.40. The number of H-pyrrole nitrogens is 1. The fourth-order valence-electron chi connectivity index (χ4n) is 2.96. The third-order valence-electron chi connectivity index (χ3n) is 4.44. The first-order chi connectivity index (χ1) is 11.0. The number of nitrogens with two attached hydrogens (primary N) is 1. The summed E-state index contributed by atoms with van der Waals surface area (Å²) in [7, 11) is 0. The van der Waals surface area contributed by atoms with E-state index in [1.165, 1.54) is 24.8 Å². The van der Waals surface area contributed by atoms with Gasteiger partial charge in [0.2, 0.25) is 0 Å². The molecule has 0 saturated carbocycles. The summed E-state index contributed by atoms with van der Waals surface area (Å²) in [6, 6.07) is 0. The molecule has 0 radical (unpaired) electrons. The Kier molecular flexibility index (Phi) is 3.81. The van der Waals surface area contributed by atoms with Crippen LogP contribution in [-0.2, 0) is 5.41 Å². The highest BCUT2D eigenvalue weighted by Gasteiger charge is 2.37. The Morgan fingerprint density at radius 3 is 2.61 bits per heavy atom. The number of aromatic amines is 1. The lowest BCUT2D eigenvalue weighted by molar-refractivity contribution is 0.0665. The largest absolute Gasteiger partial charge is 0.365 e. The number of hydrogen-bond donors (Lipinski definition) is 2. The molecule has 2 amide bonds. The van der Waals surface area contributed by atoms with E-state index in [0.29, 0.717) is 37.2 Å². The zero-order valence-electron chi connectivity index (χ0n) is 12.8. The average Bonchev–Trinajstić information content (AvgIpc) is 3.07. The summed E-state index contributed by atoms with van der Waals surface area (Å²) in [5, 5.41) is 6.84. The van der Waals surface area contributed by atoms with Crippen LogP contribution in [0.25, 0.3) is 0 Å². The lowest BCUT2D eigenvalue weighted by Gasteiger charge is -2.39. The molecule has 120 valence electrons. The van der Waals surface area contributed by atoms with Crippen LogP contribution >= 0.6 is 0 Å². The molecule has 0 aliphatic carbocycles. The topological polar surface area (TPSA) is 118 Å². The molecular formula is C15H18N6O2. The molecule has 3 heterocycles. The number of primary amides is 1. The van der Waals surface area contributed by atoms with Gasteiger partial charge in [0.1, 0.15) is 5.69 Å². The number of likely N-dealkylation sites (tertiary alicyclic amines) is 1. The number of carbonyl (C=O) groups excluding carboxylic acids is 2. The molecule has 1 fully saturated rings. The first-order valence-electron chi connectivity index (χ1n) is 7.40. The Morgan fingerprint density at radius 2 is 2.00 bits per heavy atom. The Bertz CT molecular complexity index is 719. The molecule has 1 aliphatic heterocycles. The van der Waals surface area contributed by atoms with Crippen molar-refractivity contribution < 1.29 is 9.59 Å². The second-order valence-corrected chi connectivity index (χ2v) is 5.97. The third kappa shape index (κ3) is 2.79. The number of nitrogens with one attached hydrogen (secondary N) is 1. The molecule has 1 aliphatic rings. The van der Waals surface area contributed by atoms with Crippen LogP contribution in [0.2, 0.25) is 0 Å². The van der Waals surface area contributed by atoms with Gasteiger partial charge in [-0.3, -0.25) is 19.7 Å². The summed E-state index contributed by atoms with van der Waals surface area (Å²) in [6.07, 6.45) is 7.39. The SMILES string of the molecule is CC1(c2[nH]ncc2C(N)=O)CCN(C(=O)c2cnccn2)CC1. The fourth-order valence-corrected chi connectivity index (χ4v) is 2.96. The molecule has 0 spiro atoms. The Hall–Kier alpha value is -2.77. The molecule has 8 heteroatoms. The highest BCUT2D eigenvalue weighted by atomic mass is 16.2. The van der Waals surface area contributed by atoms with Gasteiger partial charge in [-0.25, -0.2) is 4.98 Å². The minimum Gasteiger partial charge on any atom is -0.365 e. The summed E-state index contributed by atoms with van der Waals surface area (Å²) in [4.78, 5) is 33.6. The molecule has 0 unspecified atom stereocenters. The Balaban J connectivity index is 1.74. The van der Waals surface area contributed by atoms with Gasteiger partial charge in [0.15, 0.2) is 0 Å². The van der Waals surface area contributed by atoms with Gasteiger partial charge < -0.3 is 10.6 Å². The second kappa shape index (κ2) is 5.79.